The zero-order valence-corrected chi connectivity index (χ0v) is 17.3. The molecule has 2 aromatic carbocycles. The molecule has 3 N–H and O–H groups in total. The van der Waals surface area contributed by atoms with Crippen molar-refractivity contribution in [3.63, 3.8) is 0 Å². The molecule has 148 valence electrons. The second-order valence-electron chi connectivity index (χ2n) is 6.96. The Hall–Kier alpha value is -3.39. The minimum atomic E-state index is -0.214. The summed E-state index contributed by atoms with van der Waals surface area (Å²) in [4.78, 5) is 14.5. The van der Waals surface area contributed by atoms with Gasteiger partial charge in [0.05, 0.1) is 23.9 Å². The molecule has 0 aliphatic rings. The van der Waals surface area contributed by atoms with Crippen LogP contribution in [0.4, 0.5) is 0 Å². The third kappa shape index (κ3) is 3.01. The molecular formula is C21H20N4O3S. The maximum Gasteiger partial charge on any atom is 0.248 e. The molecule has 0 radical (unpaired) electrons. The van der Waals surface area contributed by atoms with Gasteiger partial charge < -0.3 is 14.8 Å². The van der Waals surface area contributed by atoms with Crippen molar-refractivity contribution >= 4 is 23.1 Å². The van der Waals surface area contributed by atoms with Gasteiger partial charge in [-0.15, -0.1) is 0 Å². The summed E-state index contributed by atoms with van der Waals surface area (Å²) < 4.78 is 7.60. The average molecular weight is 408 g/mol. The lowest BCUT2D eigenvalue weighted by molar-refractivity contribution is 0.411. The van der Waals surface area contributed by atoms with E-state index >= 15 is 0 Å². The molecule has 0 bridgehead atoms. The van der Waals surface area contributed by atoms with Crippen LogP contribution in [0.2, 0.25) is 0 Å². The highest BCUT2D eigenvalue weighted by molar-refractivity contribution is 7.71. The van der Waals surface area contributed by atoms with E-state index in [1.165, 1.54) is 12.1 Å². The van der Waals surface area contributed by atoms with Gasteiger partial charge in [-0.25, -0.2) is 0 Å². The molecule has 0 unspecified atom stereocenters. The van der Waals surface area contributed by atoms with Crippen LogP contribution in [0, 0.1) is 25.5 Å². The first-order chi connectivity index (χ1) is 13.8. The molecule has 0 spiro atoms. The van der Waals surface area contributed by atoms with Crippen molar-refractivity contribution in [2.24, 2.45) is 0 Å². The SMILES string of the molecule is COc1ccc(-n2c(-c3cc4c(C)cc(=O)[nH]c4cc3O)n[nH]c2=S)c(C)c1C. The maximum absolute atomic E-state index is 11.8. The van der Waals surface area contributed by atoms with Crippen LogP contribution in [0.5, 0.6) is 11.5 Å². The van der Waals surface area contributed by atoms with Gasteiger partial charge in [-0.2, -0.15) is 5.10 Å². The van der Waals surface area contributed by atoms with Gasteiger partial charge in [0.15, 0.2) is 10.6 Å². The predicted octanol–water partition coefficient (Wildman–Crippen LogP) is 4.08. The van der Waals surface area contributed by atoms with Crippen LogP contribution in [0.1, 0.15) is 16.7 Å². The van der Waals surface area contributed by atoms with Crippen LogP contribution >= 0.6 is 12.2 Å². The number of pyridine rings is 1. The number of aromatic hydroxyl groups is 1. The zero-order chi connectivity index (χ0) is 20.9. The number of aromatic nitrogens is 4. The number of ether oxygens (including phenoxy) is 1. The summed E-state index contributed by atoms with van der Waals surface area (Å²) in [6.45, 7) is 5.82. The van der Waals surface area contributed by atoms with Crippen molar-refractivity contribution in [2.45, 2.75) is 20.8 Å². The quantitative estimate of drug-likeness (QED) is 0.444. The van der Waals surface area contributed by atoms with Crippen molar-refractivity contribution in [3.8, 4) is 28.6 Å². The van der Waals surface area contributed by atoms with E-state index in [1.54, 1.807) is 11.7 Å². The molecule has 4 rings (SSSR count). The molecule has 2 heterocycles. The zero-order valence-electron chi connectivity index (χ0n) is 16.5. The Labute approximate surface area is 171 Å². The van der Waals surface area contributed by atoms with Crippen molar-refractivity contribution in [3.05, 3.63) is 62.1 Å². The molecule has 4 aromatic rings. The van der Waals surface area contributed by atoms with Crippen molar-refractivity contribution < 1.29 is 9.84 Å². The van der Waals surface area contributed by atoms with Gasteiger partial charge in [0, 0.05) is 17.5 Å². The third-order valence-corrected chi connectivity index (χ3v) is 5.52. The molecule has 29 heavy (non-hydrogen) atoms. The lowest BCUT2D eigenvalue weighted by Crippen LogP contribution is -2.06. The number of aromatic amines is 2. The molecule has 0 aliphatic carbocycles. The highest BCUT2D eigenvalue weighted by Crippen LogP contribution is 2.35. The van der Waals surface area contributed by atoms with Gasteiger partial charge in [0.2, 0.25) is 5.56 Å². The Kier molecular flexibility index (Phi) is 4.50. The lowest BCUT2D eigenvalue weighted by Gasteiger charge is -2.15. The highest BCUT2D eigenvalue weighted by Gasteiger charge is 2.19. The van der Waals surface area contributed by atoms with Crippen molar-refractivity contribution in [1.82, 2.24) is 19.7 Å². The number of nitrogens with zero attached hydrogens (tertiary/aromatic N) is 2. The Morgan fingerprint density at radius 2 is 1.90 bits per heavy atom. The summed E-state index contributed by atoms with van der Waals surface area (Å²) in [5, 5.41) is 18.7. The summed E-state index contributed by atoms with van der Waals surface area (Å²) in [5.74, 6) is 1.26. The van der Waals surface area contributed by atoms with Gasteiger partial charge in [-0.3, -0.25) is 14.5 Å². The van der Waals surface area contributed by atoms with Crippen LogP contribution in [-0.4, -0.2) is 32.0 Å². The fraction of sp³-hybridized carbons (Fsp3) is 0.190. The number of aryl methyl sites for hydroxylation is 1. The smallest absolute Gasteiger partial charge is 0.248 e. The summed E-state index contributed by atoms with van der Waals surface area (Å²) in [5.41, 5.74) is 4.49. The van der Waals surface area contributed by atoms with E-state index in [-0.39, 0.29) is 11.3 Å². The monoisotopic (exact) mass is 408 g/mol. The number of nitrogens with one attached hydrogen (secondary N) is 2. The average Bonchev–Trinajstić information content (AvgIpc) is 3.04. The second-order valence-corrected chi connectivity index (χ2v) is 7.34. The fourth-order valence-electron chi connectivity index (χ4n) is 3.59. The van der Waals surface area contributed by atoms with Crippen LogP contribution in [0.3, 0.4) is 0 Å². The number of methoxy groups -OCH3 is 1. The van der Waals surface area contributed by atoms with Crippen LogP contribution < -0.4 is 10.3 Å². The van der Waals surface area contributed by atoms with Crippen molar-refractivity contribution in [1.29, 1.82) is 0 Å². The van der Waals surface area contributed by atoms with Gasteiger partial charge in [0.1, 0.15) is 11.5 Å². The third-order valence-electron chi connectivity index (χ3n) is 5.25. The minimum Gasteiger partial charge on any atom is -0.507 e. The Balaban J connectivity index is 2.01. The predicted molar refractivity (Wildman–Crippen MR) is 115 cm³/mol. The van der Waals surface area contributed by atoms with Gasteiger partial charge in [-0.1, -0.05) is 0 Å². The second kappa shape index (κ2) is 6.89. The Morgan fingerprint density at radius 1 is 1.14 bits per heavy atom. The Morgan fingerprint density at radius 3 is 2.62 bits per heavy atom. The van der Waals surface area contributed by atoms with E-state index < -0.39 is 0 Å². The molecule has 7 nitrogen and oxygen atoms in total. The maximum atomic E-state index is 11.8. The Bertz CT molecular complexity index is 1380. The van der Waals surface area contributed by atoms with Crippen molar-refractivity contribution in [2.75, 3.05) is 7.11 Å². The van der Waals surface area contributed by atoms with Crippen LogP contribution in [0.25, 0.3) is 28.0 Å². The number of H-pyrrole nitrogens is 2. The molecule has 0 amide bonds. The molecule has 0 aliphatic heterocycles. The van der Waals surface area contributed by atoms with E-state index in [0.717, 1.165) is 33.5 Å². The highest BCUT2D eigenvalue weighted by atomic mass is 32.1. The van der Waals surface area contributed by atoms with Gasteiger partial charge in [0.25, 0.3) is 0 Å². The molecular weight excluding hydrogens is 388 g/mol. The number of hydrogen-bond acceptors (Lipinski definition) is 5. The minimum absolute atomic E-state index is 0.00288. The molecule has 0 saturated carbocycles. The number of rotatable bonds is 3. The standard InChI is InChI=1S/C21H20N4O3S/c1-10-7-19(27)22-15-9-17(26)14(8-13(10)15)20-23-24-21(29)25(20)16-5-6-18(28-4)12(3)11(16)2/h5-9,26H,1-4H3,(H,22,27)(H,24,29). The van der Waals surface area contributed by atoms with E-state index in [4.69, 9.17) is 17.0 Å². The summed E-state index contributed by atoms with van der Waals surface area (Å²) >= 11 is 5.49. The van der Waals surface area contributed by atoms with E-state index in [1.807, 2.05) is 39.0 Å². The lowest BCUT2D eigenvalue weighted by atomic mass is 10.0. The van der Waals surface area contributed by atoms with E-state index in [0.29, 0.717) is 21.7 Å². The van der Waals surface area contributed by atoms with E-state index in [2.05, 4.69) is 15.2 Å². The molecule has 0 fully saturated rings. The topological polar surface area (TPSA) is 95.9 Å². The first-order valence-electron chi connectivity index (χ1n) is 9.00. The van der Waals surface area contributed by atoms with Gasteiger partial charge >= 0.3 is 0 Å². The number of hydrogen-bond donors (Lipinski definition) is 3. The number of phenols is 1. The number of benzene rings is 2. The summed E-state index contributed by atoms with van der Waals surface area (Å²) in [6, 6.07) is 8.66. The summed E-state index contributed by atoms with van der Waals surface area (Å²) in [6.07, 6.45) is 0. The summed E-state index contributed by atoms with van der Waals surface area (Å²) in [7, 11) is 1.64. The first-order valence-corrected chi connectivity index (χ1v) is 9.41. The fourth-order valence-corrected chi connectivity index (χ4v) is 3.82. The van der Waals surface area contributed by atoms with Gasteiger partial charge in [-0.05, 0) is 67.9 Å². The first kappa shape index (κ1) is 18.9. The van der Waals surface area contributed by atoms with Crippen LogP contribution in [-0.2, 0) is 0 Å². The van der Waals surface area contributed by atoms with Crippen LogP contribution in [0.15, 0.2) is 35.1 Å². The number of fused-ring (bicyclic) bond motifs is 1. The van der Waals surface area contributed by atoms with E-state index in [9.17, 15) is 9.90 Å². The molecule has 2 aromatic heterocycles. The largest absolute Gasteiger partial charge is 0.507 e. The molecule has 0 saturated heterocycles. The molecule has 0 atom stereocenters. The normalized spacial score (nSPS) is 11.2. The number of phenolic OH excluding ortho intramolecular Hbond substituents is 1. The molecule has 8 heteroatoms.